The molecule has 0 aromatic carbocycles. The molecule has 0 aliphatic carbocycles. The van der Waals surface area contributed by atoms with E-state index in [2.05, 4.69) is 15.5 Å². The molecule has 3 rings (SSSR count). The molecule has 0 amide bonds. The molecular weight excluding hydrogens is 258 g/mol. The Morgan fingerprint density at radius 1 is 1.10 bits per heavy atom. The maximum Gasteiger partial charge on any atom is 0.316 e. The van der Waals surface area contributed by atoms with Crippen molar-refractivity contribution in [3.8, 4) is 11.5 Å². The number of aromatic nitrogens is 2. The van der Waals surface area contributed by atoms with E-state index in [1.807, 2.05) is 26.8 Å². The highest BCUT2D eigenvalue weighted by molar-refractivity contribution is 5.55. The number of nitrogens with zero attached hydrogens (tertiary/aromatic N) is 2. The van der Waals surface area contributed by atoms with E-state index in [0.29, 0.717) is 18.5 Å². The summed E-state index contributed by atoms with van der Waals surface area (Å²) < 4.78 is 16.2. The minimum atomic E-state index is 0.374. The minimum absolute atomic E-state index is 0.374. The van der Waals surface area contributed by atoms with Gasteiger partial charge < -0.3 is 18.6 Å². The maximum absolute atomic E-state index is 5.55. The predicted octanol–water partition coefficient (Wildman–Crippen LogP) is 3.46. The first-order chi connectivity index (χ1) is 9.63. The molecule has 3 heterocycles. The Balaban J connectivity index is 1.72. The van der Waals surface area contributed by atoms with Crippen LogP contribution in [0, 0.1) is 20.8 Å². The van der Waals surface area contributed by atoms with Crippen LogP contribution >= 0.6 is 0 Å². The number of nitrogens with one attached hydrogen (secondary N) is 1. The van der Waals surface area contributed by atoms with E-state index in [1.54, 1.807) is 12.3 Å². The van der Waals surface area contributed by atoms with Crippen LogP contribution in [0.5, 0.6) is 0 Å². The number of anilines is 1. The zero-order chi connectivity index (χ0) is 14.1. The van der Waals surface area contributed by atoms with Gasteiger partial charge in [-0.2, -0.15) is 0 Å². The lowest BCUT2D eigenvalue weighted by Gasteiger charge is -1.98. The fourth-order valence-corrected chi connectivity index (χ4v) is 2.04. The molecule has 3 aromatic rings. The van der Waals surface area contributed by atoms with Crippen LogP contribution in [0.15, 0.2) is 31.6 Å². The Morgan fingerprint density at radius 3 is 2.60 bits per heavy atom. The molecule has 0 atom stereocenters. The molecule has 0 unspecified atom stereocenters. The average molecular weight is 273 g/mol. The molecule has 0 aliphatic rings. The zero-order valence-corrected chi connectivity index (χ0v) is 11.6. The molecule has 0 saturated carbocycles. The van der Waals surface area contributed by atoms with Crippen molar-refractivity contribution in [1.82, 2.24) is 10.2 Å². The van der Waals surface area contributed by atoms with Gasteiger partial charge in [0.2, 0.25) is 0 Å². The third-order valence-corrected chi connectivity index (χ3v) is 3.09. The lowest BCUT2D eigenvalue weighted by molar-refractivity contribution is 0.501. The molecule has 0 spiro atoms. The van der Waals surface area contributed by atoms with E-state index in [4.69, 9.17) is 13.3 Å². The summed E-state index contributed by atoms with van der Waals surface area (Å²) in [6.07, 6.45) is 1.60. The summed E-state index contributed by atoms with van der Waals surface area (Å²) in [7, 11) is 0. The first-order valence-electron chi connectivity index (χ1n) is 6.31. The normalized spacial score (nSPS) is 10.9. The van der Waals surface area contributed by atoms with Gasteiger partial charge in [-0.25, -0.2) is 0 Å². The number of hydrogen-bond donors (Lipinski definition) is 1. The van der Waals surface area contributed by atoms with E-state index >= 15 is 0 Å². The number of furan rings is 2. The third kappa shape index (κ3) is 2.32. The van der Waals surface area contributed by atoms with Crippen LogP contribution < -0.4 is 5.32 Å². The first-order valence-corrected chi connectivity index (χ1v) is 6.31. The quantitative estimate of drug-likeness (QED) is 0.784. The standard InChI is InChI=1S/C14H15N3O3/c1-8-6-11(9(2)19-8)7-15-14-17-16-13(20-14)12-4-5-18-10(12)3/h4-6H,7H2,1-3H3,(H,15,17). The van der Waals surface area contributed by atoms with Gasteiger partial charge in [0.1, 0.15) is 17.3 Å². The van der Waals surface area contributed by atoms with Gasteiger partial charge in [-0.05, 0) is 32.9 Å². The third-order valence-electron chi connectivity index (χ3n) is 3.09. The Hall–Kier alpha value is -2.50. The lowest BCUT2D eigenvalue weighted by atomic mass is 10.2. The van der Waals surface area contributed by atoms with Crippen molar-refractivity contribution < 1.29 is 13.3 Å². The molecule has 0 aliphatic heterocycles. The van der Waals surface area contributed by atoms with Crippen molar-refractivity contribution in [1.29, 1.82) is 0 Å². The molecule has 3 aromatic heterocycles. The summed E-state index contributed by atoms with van der Waals surface area (Å²) in [5.41, 5.74) is 1.88. The molecule has 0 fully saturated rings. The summed E-state index contributed by atoms with van der Waals surface area (Å²) in [6.45, 7) is 6.28. The van der Waals surface area contributed by atoms with E-state index < -0.39 is 0 Å². The number of rotatable bonds is 4. The van der Waals surface area contributed by atoms with Gasteiger partial charge in [0.15, 0.2) is 0 Å². The highest BCUT2D eigenvalue weighted by Gasteiger charge is 2.13. The first kappa shape index (κ1) is 12.5. The van der Waals surface area contributed by atoms with Gasteiger partial charge in [0.05, 0.1) is 11.8 Å². The van der Waals surface area contributed by atoms with Crippen LogP contribution in [0.2, 0.25) is 0 Å². The summed E-state index contributed by atoms with van der Waals surface area (Å²) in [6, 6.07) is 4.16. The predicted molar refractivity (Wildman–Crippen MR) is 72.2 cm³/mol. The average Bonchev–Trinajstić information content (AvgIpc) is 3.08. The monoisotopic (exact) mass is 273 g/mol. The molecule has 0 saturated heterocycles. The van der Waals surface area contributed by atoms with E-state index in [0.717, 1.165) is 28.4 Å². The second kappa shape index (κ2) is 4.88. The van der Waals surface area contributed by atoms with Crippen LogP contribution in [-0.4, -0.2) is 10.2 Å². The molecule has 6 heteroatoms. The SMILES string of the molecule is Cc1cc(CNc2nnc(-c3ccoc3C)o2)c(C)o1. The van der Waals surface area contributed by atoms with E-state index in [9.17, 15) is 0 Å². The highest BCUT2D eigenvalue weighted by Crippen LogP contribution is 2.24. The molecule has 0 radical (unpaired) electrons. The van der Waals surface area contributed by atoms with Gasteiger partial charge in [-0.1, -0.05) is 5.10 Å². The second-order valence-corrected chi connectivity index (χ2v) is 4.59. The van der Waals surface area contributed by atoms with Crippen molar-refractivity contribution in [3.63, 3.8) is 0 Å². The van der Waals surface area contributed by atoms with Crippen molar-refractivity contribution in [2.75, 3.05) is 5.32 Å². The zero-order valence-electron chi connectivity index (χ0n) is 11.6. The van der Waals surface area contributed by atoms with Crippen LogP contribution in [-0.2, 0) is 6.54 Å². The summed E-state index contributed by atoms with van der Waals surface area (Å²) in [5.74, 6) is 2.97. The summed E-state index contributed by atoms with van der Waals surface area (Å²) in [5, 5.41) is 11.0. The molecule has 104 valence electrons. The highest BCUT2D eigenvalue weighted by atomic mass is 16.4. The largest absolute Gasteiger partial charge is 0.469 e. The molecule has 0 bridgehead atoms. The summed E-state index contributed by atoms with van der Waals surface area (Å²) in [4.78, 5) is 0. The van der Waals surface area contributed by atoms with Gasteiger partial charge in [-0.3, -0.25) is 0 Å². The van der Waals surface area contributed by atoms with Crippen molar-refractivity contribution in [2.24, 2.45) is 0 Å². The van der Waals surface area contributed by atoms with Crippen LogP contribution in [0.3, 0.4) is 0 Å². The van der Waals surface area contributed by atoms with Gasteiger partial charge in [0, 0.05) is 12.1 Å². The van der Waals surface area contributed by atoms with Gasteiger partial charge in [-0.15, -0.1) is 5.10 Å². The number of hydrogen-bond acceptors (Lipinski definition) is 6. The molecule has 20 heavy (non-hydrogen) atoms. The maximum atomic E-state index is 5.55. The molecule has 1 N–H and O–H groups in total. The molecular formula is C14H15N3O3. The Morgan fingerprint density at radius 2 is 1.95 bits per heavy atom. The second-order valence-electron chi connectivity index (χ2n) is 4.59. The van der Waals surface area contributed by atoms with Crippen molar-refractivity contribution >= 4 is 6.01 Å². The Labute approximate surface area is 115 Å². The van der Waals surface area contributed by atoms with Crippen molar-refractivity contribution in [3.05, 3.63) is 41.2 Å². The van der Waals surface area contributed by atoms with Crippen molar-refractivity contribution in [2.45, 2.75) is 27.3 Å². The molecule has 6 nitrogen and oxygen atoms in total. The fraction of sp³-hybridized carbons (Fsp3) is 0.286. The van der Waals surface area contributed by atoms with Crippen LogP contribution in [0.1, 0.15) is 22.8 Å². The van der Waals surface area contributed by atoms with E-state index in [-0.39, 0.29) is 0 Å². The Bertz CT molecular complexity index is 724. The van der Waals surface area contributed by atoms with Crippen LogP contribution in [0.25, 0.3) is 11.5 Å². The van der Waals surface area contributed by atoms with Gasteiger partial charge >= 0.3 is 6.01 Å². The summed E-state index contributed by atoms with van der Waals surface area (Å²) >= 11 is 0. The Kier molecular flexibility index (Phi) is 3.06. The smallest absolute Gasteiger partial charge is 0.316 e. The van der Waals surface area contributed by atoms with Gasteiger partial charge in [0.25, 0.3) is 5.89 Å². The van der Waals surface area contributed by atoms with Crippen LogP contribution in [0.4, 0.5) is 6.01 Å². The topological polar surface area (TPSA) is 77.2 Å². The fourth-order valence-electron chi connectivity index (χ4n) is 2.04. The lowest BCUT2D eigenvalue weighted by Crippen LogP contribution is -1.99. The minimum Gasteiger partial charge on any atom is -0.469 e. The van der Waals surface area contributed by atoms with E-state index in [1.165, 1.54) is 0 Å². The number of aryl methyl sites for hydroxylation is 3.